The van der Waals surface area contributed by atoms with Crippen molar-refractivity contribution in [3.63, 3.8) is 0 Å². The van der Waals surface area contributed by atoms with Gasteiger partial charge in [-0.1, -0.05) is 6.92 Å². The number of nitrogens with zero attached hydrogens (tertiary/aromatic N) is 2. The van der Waals surface area contributed by atoms with E-state index in [4.69, 9.17) is 5.73 Å². The Hall–Kier alpha value is -1.61. The van der Waals surface area contributed by atoms with Gasteiger partial charge in [-0.2, -0.15) is 17.8 Å². The molecular formula is C11H19N5O3S. The van der Waals surface area contributed by atoms with Crippen molar-refractivity contribution in [2.75, 3.05) is 17.8 Å². The first kappa shape index (κ1) is 14.8. The fraction of sp³-hybridized carbons (Fsp3) is 0.636. The first-order valence-corrected chi connectivity index (χ1v) is 7.88. The summed E-state index contributed by atoms with van der Waals surface area (Å²) in [6, 6.07) is 0. The third-order valence-electron chi connectivity index (χ3n) is 3.37. The lowest BCUT2D eigenvalue weighted by Crippen LogP contribution is -2.42. The van der Waals surface area contributed by atoms with Gasteiger partial charge in [0, 0.05) is 13.1 Å². The maximum Gasteiger partial charge on any atom is 0.301 e. The summed E-state index contributed by atoms with van der Waals surface area (Å²) < 4.78 is 28.5. The minimum atomic E-state index is -3.70. The molecule has 1 aliphatic rings. The van der Waals surface area contributed by atoms with E-state index < -0.39 is 16.1 Å². The minimum absolute atomic E-state index is 0.101. The lowest BCUT2D eigenvalue weighted by molar-refractivity contribution is 0.0996. The highest BCUT2D eigenvalue weighted by Gasteiger charge is 2.29. The standard InChI is InChI=1S/C11H19N5O3S/c1-7-4-3-5-16(6-7)20(18,19)15-9-8(2)13-14-10(9)11(12)17/h7,15H,3-6H2,1-2H3,(H2,12,17)(H,13,14). The summed E-state index contributed by atoms with van der Waals surface area (Å²) in [5.41, 5.74) is 5.65. The first-order chi connectivity index (χ1) is 9.31. The fourth-order valence-electron chi connectivity index (χ4n) is 2.29. The van der Waals surface area contributed by atoms with Crippen molar-refractivity contribution >= 4 is 21.8 Å². The summed E-state index contributed by atoms with van der Waals surface area (Å²) in [5.74, 6) is -0.458. The highest BCUT2D eigenvalue weighted by atomic mass is 32.2. The second kappa shape index (κ2) is 5.41. The van der Waals surface area contributed by atoms with Crippen molar-refractivity contribution in [3.05, 3.63) is 11.4 Å². The molecule has 20 heavy (non-hydrogen) atoms. The van der Waals surface area contributed by atoms with Crippen LogP contribution in [0.25, 0.3) is 0 Å². The Labute approximate surface area is 117 Å². The monoisotopic (exact) mass is 301 g/mol. The number of aryl methyl sites for hydroxylation is 1. The van der Waals surface area contributed by atoms with Gasteiger partial charge >= 0.3 is 10.2 Å². The van der Waals surface area contributed by atoms with Gasteiger partial charge in [0.1, 0.15) is 5.69 Å². The van der Waals surface area contributed by atoms with E-state index in [9.17, 15) is 13.2 Å². The highest BCUT2D eigenvalue weighted by molar-refractivity contribution is 7.90. The number of carbonyl (C=O) groups excluding carboxylic acids is 1. The summed E-state index contributed by atoms with van der Waals surface area (Å²) in [7, 11) is -3.70. The summed E-state index contributed by atoms with van der Waals surface area (Å²) in [5, 5.41) is 6.27. The summed E-state index contributed by atoms with van der Waals surface area (Å²) in [4.78, 5) is 11.2. The average molecular weight is 301 g/mol. The predicted molar refractivity (Wildman–Crippen MR) is 74.4 cm³/mol. The number of H-pyrrole nitrogens is 1. The lowest BCUT2D eigenvalue weighted by atomic mass is 10.0. The number of anilines is 1. The molecule has 1 aliphatic heterocycles. The number of primary amides is 1. The third-order valence-corrected chi connectivity index (χ3v) is 4.84. The van der Waals surface area contributed by atoms with E-state index in [1.54, 1.807) is 6.92 Å². The zero-order chi connectivity index (χ0) is 14.9. The first-order valence-electron chi connectivity index (χ1n) is 6.44. The minimum Gasteiger partial charge on any atom is -0.364 e. The lowest BCUT2D eigenvalue weighted by Gasteiger charge is -2.30. The van der Waals surface area contributed by atoms with Crippen LogP contribution >= 0.6 is 0 Å². The Morgan fingerprint density at radius 3 is 2.85 bits per heavy atom. The summed E-state index contributed by atoms with van der Waals surface area (Å²) >= 11 is 0. The van der Waals surface area contributed by atoms with Gasteiger partial charge in [0.25, 0.3) is 5.91 Å². The summed E-state index contributed by atoms with van der Waals surface area (Å²) in [6.07, 6.45) is 1.85. The Morgan fingerprint density at radius 1 is 1.55 bits per heavy atom. The third kappa shape index (κ3) is 2.93. The zero-order valence-corrected chi connectivity index (χ0v) is 12.3. The molecule has 9 heteroatoms. The molecule has 1 saturated heterocycles. The molecule has 0 radical (unpaired) electrons. The molecule has 0 spiro atoms. The molecule has 1 amide bonds. The largest absolute Gasteiger partial charge is 0.364 e. The maximum atomic E-state index is 12.3. The van der Waals surface area contributed by atoms with Crippen LogP contribution in [-0.2, 0) is 10.2 Å². The SMILES string of the molecule is Cc1[nH]nc(C(N)=O)c1NS(=O)(=O)N1CCCC(C)C1. The number of nitrogens with one attached hydrogen (secondary N) is 2. The van der Waals surface area contributed by atoms with Crippen LogP contribution in [0.15, 0.2) is 0 Å². The van der Waals surface area contributed by atoms with E-state index in [1.165, 1.54) is 4.31 Å². The van der Waals surface area contributed by atoms with E-state index in [1.807, 2.05) is 6.92 Å². The van der Waals surface area contributed by atoms with Crippen molar-refractivity contribution < 1.29 is 13.2 Å². The molecule has 112 valence electrons. The van der Waals surface area contributed by atoms with Crippen molar-refractivity contribution in [1.82, 2.24) is 14.5 Å². The molecule has 0 aromatic carbocycles. The van der Waals surface area contributed by atoms with Crippen LogP contribution in [0.2, 0.25) is 0 Å². The molecule has 1 fully saturated rings. The maximum absolute atomic E-state index is 12.3. The normalized spacial score (nSPS) is 20.8. The molecule has 8 nitrogen and oxygen atoms in total. The molecule has 1 aromatic rings. The number of piperidine rings is 1. The number of nitrogens with two attached hydrogens (primary N) is 1. The van der Waals surface area contributed by atoms with Gasteiger partial charge in [-0.15, -0.1) is 0 Å². The average Bonchev–Trinajstić information content (AvgIpc) is 2.71. The fourth-order valence-corrected chi connectivity index (χ4v) is 3.75. The van der Waals surface area contributed by atoms with Crippen LogP contribution < -0.4 is 10.5 Å². The number of aromatic nitrogens is 2. The van der Waals surface area contributed by atoms with Crippen LogP contribution in [-0.4, -0.2) is 41.9 Å². The van der Waals surface area contributed by atoms with E-state index in [2.05, 4.69) is 14.9 Å². The number of hydrogen-bond donors (Lipinski definition) is 3. The molecule has 1 atom stereocenters. The van der Waals surface area contributed by atoms with E-state index in [0.29, 0.717) is 24.7 Å². The molecule has 4 N–H and O–H groups in total. The zero-order valence-electron chi connectivity index (χ0n) is 11.5. The van der Waals surface area contributed by atoms with Gasteiger partial charge in [0.15, 0.2) is 5.69 Å². The molecular weight excluding hydrogens is 282 g/mol. The number of aromatic amines is 1. The van der Waals surface area contributed by atoms with Gasteiger partial charge in [-0.05, 0) is 25.7 Å². The van der Waals surface area contributed by atoms with Crippen LogP contribution in [0.1, 0.15) is 35.9 Å². The molecule has 2 rings (SSSR count). The topological polar surface area (TPSA) is 121 Å². The van der Waals surface area contributed by atoms with E-state index in [0.717, 1.165) is 12.8 Å². The van der Waals surface area contributed by atoms with E-state index in [-0.39, 0.29) is 11.4 Å². The molecule has 0 saturated carbocycles. The Morgan fingerprint density at radius 2 is 2.25 bits per heavy atom. The van der Waals surface area contributed by atoms with Crippen molar-refractivity contribution in [3.8, 4) is 0 Å². The van der Waals surface area contributed by atoms with E-state index >= 15 is 0 Å². The molecule has 1 unspecified atom stereocenters. The quantitative estimate of drug-likeness (QED) is 0.735. The number of hydrogen-bond acceptors (Lipinski definition) is 4. The Balaban J connectivity index is 2.24. The Kier molecular flexibility index (Phi) is 4.00. The number of amides is 1. The van der Waals surface area contributed by atoms with Gasteiger partial charge in [0.05, 0.1) is 5.69 Å². The Bertz CT molecular complexity index is 610. The van der Waals surface area contributed by atoms with Crippen LogP contribution in [0, 0.1) is 12.8 Å². The van der Waals surface area contributed by atoms with Gasteiger partial charge in [0.2, 0.25) is 0 Å². The number of rotatable bonds is 4. The van der Waals surface area contributed by atoms with Gasteiger partial charge < -0.3 is 5.73 Å². The van der Waals surface area contributed by atoms with Crippen molar-refractivity contribution in [1.29, 1.82) is 0 Å². The second-order valence-electron chi connectivity index (χ2n) is 5.15. The molecule has 0 bridgehead atoms. The second-order valence-corrected chi connectivity index (χ2v) is 6.82. The van der Waals surface area contributed by atoms with Crippen LogP contribution in [0.5, 0.6) is 0 Å². The van der Waals surface area contributed by atoms with Crippen molar-refractivity contribution in [2.24, 2.45) is 11.7 Å². The molecule has 1 aromatic heterocycles. The van der Waals surface area contributed by atoms with Crippen LogP contribution in [0.3, 0.4) is 0 Å². The predicted octanol–water partition coefficient (Wildman–Crippen LogP) is 0.206. The van der Waals surface area contributed by atoms with Crippen LogP contribution in [0.4, 0.5) is 5.69 Å². The van der Waals surface area contributed by atoms with Gasteiger partial charge in [-0.3, -0.25) is 14.6 Å². The summed E-state index contributed by atoms with van der Waals surface area (Å²) in [6.45, 7) is 4.58. The smallest absolute Gasteiger partial charge is 0.301 e. The van der Waals surface area contributed by atoms with Gasteiger partial charge in [-0.25, -0.2) is 0 Å². The number of carbonyl (C=O) groups is 1. The molecule has 2 heterocycles. The highest BCUT2D eigenvalue weighted by Crippen LogP contribution is 2.23. The van der Waals surface area contributed by atoms with Crippen molar-refractivity contribution in [2.45, 2.75) is 26.7 Å². The molecule has 0 aliphatic carbocycles.